The molecule has 88 valence electrons. The van der Waals surface area contributed by atoms with Crippen LogP contribution in [0.25, 0.3) is 0 Å². The summed E-state index contributed by atoms with van der Waals surface area (Å²) < 4.78 is 0. The second-order valence-corrected chi connectivity index (χ2v) is 4.05. The molecule has 0 unspecified atom stereocenters. The van der Waals surface area contributed by atoms with Crippen LogP contribution in [0.5, 0.6) is 0 Å². The highest BCUT2D eigenvalue weighted by Gasteiger charge is 2.01. The van der Waals surface area contributed by atoms with Gasteiger partial charge in [-0.15, -0.1) is 0 Å². The van der Waals surface area contributed by atoms with Gasteiger partial charge in [0.05, 0.1) is 12.2 Å². The molecule has 2 aromatic rings. The Morgan fingerprint density at radius 2 is 2.06 bits per heavy atom. The van der Waals surface area contributed by atoms with Crippen LogP contribution >= 0.6 is 0 Å². The third-order valence-corrected chi connectivity index (χ3v) is 2.70. The molecular formula is C13H16N4. The van der Waals surface area contributed by atoms with Gasteiger partial charge in [-0.2, -0.15) is 0 Å². The number of rotatable bonds is 3. The molecule has 0 bridgehead atoms. The standard InChI is InChI=1S/C13H16N4/c1-9-4-3-5-15-12(9)8-17-13-6-11(14)10(2)7-16-13/h3-7H,8H2,1-2H3,(H3,14,16,17). The van der Waals surface area contributed by atoms with Crippen molar-refractivity contribution in [3.8, 4) is 0 Å². The van der Waals surface area contributed by atoms with Crippen LogP contribution < -0.4 is 11.1 Å². The molecule has 0 atom stereocenters. The normalized spacial score (nSPS) is 10.2. The zero-order valence-corrected chi connectivity index (χ0v) is 10.1. The zero-order valence-electron chi connectivity index (χ0n) is 10.1. The summed E-state index contributed by atoms with van der Waals surface area (Å²) in [5, 5.41) is 3.22. The van der Waals surface area contributed by atoms with Crippen LogP contribution in [0.1, 0.15) is 16.8 Å². The first-order valence-corrected chi connectivity index (χ1v) is 5.53. The van der Waals surface area contributed by atoms with Crippen molar-refractivity contribution in [1.82, 2.24) is 9.97 Å². The highest BCUT2D eigenvalue weighted by atomic mass is 15.0. The summed E-state index contributed by atoms with van der Waals surface area (Å²) in [6, 6.07) is 5.81. The van der Waals surface area contributed by atoms with E-state index >= 15 is 0 Å². The molecule has 2 heterocycles. The number of nitrogens with one attached hydrogen (secondary N) is 1. The van der Waals surface area contributed by atoms with E-state index in [0.29, 0.717) is 6.54 Å². The molecule has 0 saturated carbocycles. The van der Waals surface area contributed by atoms with E-state index in [1.807, 2.05) is 32.0 Å². The van der Waals surface area contributed by atoms with Crippen molar-refractivity contribution in [2.75, 3.05) is 11.1 Å². The molecule has 0 amide bonds. The summed E-state index contributed by atoms with van der Waals surface area (Å²) in [6.45, 7) is 4.64. The van der Waals surface area contributed by atoms with Crippen LogP contribution in [0.2, 0.25) is 0 Å². The lowest BCUT2D eigenvalue weighted by atomic mass is 10.2. The monoisotopic (exact) mass is 228 g/mol. The summed E-state index contributed by atoms with van der Waals surface area (Å²) in [5.41, 5.74) is 9.75. The molecule has 0 radical (unpaired) electrons. The number of nitrogen functional groups attached to an aromatic ring is 1. The Bertz CT molecular complexity index is 523. The lowest BCUT2D eigenvalue weighted by molar-refractivity contribution is 1.00. The second kappa shape index (κ2) is 4.82. The molecule has 17 heavy (non-hydrogen) atoms. The Balaban J connectivity index is 2.08. The molecule has 2 rings (SSSR count). The largest absolute Gasteiger partial charge is 0.398 e. The van der Waals surface area contributed by atoms with E-state index in [4.69, 9.17) is 5.73 Å². The van der Waals surface area contributed by atoms with Crippen LogP contribution in [0.3, 0.4) is 0 Å². The summed E-state index contributed by atoms with van der Waals surface area (Å²) in [4.78, 5) is 8.58. The molecule has 0 spiro atoms. The molecular weight excluding hydrogens is 212 g/mol. The summed E-state index contributed by atoms with van der Waals surface area (Å²) in [7, 11) is 0. The summed E-state index contributed by atoms with van der Waals surface area (Å²) in [5.74, 6) is 0.776. The highest BCUT2D eigenvalue weighted by molar-refractivity contribution is 5.53. The minimum atomic E-state index is 0.655. The Kier molecular flexibility index (Phi) is 3.23. The molecule has 4 heteroatoms. The fraction of sp³-hybridized carbons (Fsp3) is 0.231. The third kappa shape index (κ3) is 2.72. The van der Waals surface area contributed by atoms with Crippen molar-refractivity contribution in [2.24, 2.45) is 0 Å². The minimum absolute atomic E-state index is 0.655. The van der Waals surface area contributed by atoms with E-state index in [0.717, 1.165) is 22.8 Å². The van der Waals surface area contributed by atoms with Gasteiger partial charge in [0.15, 0.2) is 0 Å². The van der Waals surface area contributed by atoms with Gasteiger partial charge >= 0.3 is 0 Å². The lowest BCUT2D eigenvalue weighted by Gasteiger charge is -2.08. The van der Waals surface area contributed by atoms with Gasteiger partial charge in [0.25, 0.3) is 0 Å². The van der Waals surface area contributed by atoms with E-state index in [2.05, 4.69) is 15.3 Å². The van der Waals surface area contributed by atoms with Gasteiger partial charge in [-0.25, -0.2) is 4.98 Å². The average Bonchev–Trinajstić information content (AvgIpc) is 2.32. The fourth-order valence-electron chi connectivity index (χ4n) is 1.51. The summed E-state index contributed by atoms with van der Waals surface area (Å²) >= 11 is 0. The second-order valence-electron chi connectivity index (χ2n) is 4.05. The number of anilines is 2. The molecule has 0 fully saturated rings. The quantitative estimate of drug-likeness (QED) is 0.846. The van der Waals surface area contributed by atoms with Crippen LogP contribution in [0.15, 0.2) is 30.6 Å². The molecule has 0 saturated heterocycles. The SMILES string of the molecule is Cc1cnc(NCc2ncccc2C)cc1N. The molecule has 3 N–H and O–H groups in total. The predicted molar refractivity (Wildman–Crippen MR) is 69.7 cm³/mol. The molecule has 4 nitrogen and oxygen atoms in total. The van der Waals surface area contributed by atoms with E-state index in [1.165, 1.54) is 5.56 Å². The van der Waals surface area contributed by atoms with Gasteiger partial charge in [-0.05, 0) is 31.0 Å². The van der Waals surface area contributed by atoms with E-state index < -0.39 is 0 Å². The Hall–Kier alpha value is -2.10. The Labute approximate surface area is 101 Å². The fourth-order valence-corrected chi connectivity index (χ4v) is 1.51. The number of nitrogens with zero attached hydrogens (tertiary/aromatic N) is 2. The van der Waals surface area contributed by atoms with Crippen molar-refractivity contribution >= 4 is 11.5 Å². The van der Waals surface area contributed by atoms with Gasteiger partial charge < -0.3 is 11.1 Å². The van der Waals surface area contributed by atoms with Crippen LogP contribution in [-0.4, -0.2) is 9.97 Å². The first kappa shape index (κ1) is 11.4. The molecule has 0 aliphatic rings. The maximum absolute atomic E-state index is 5.82. The van der Waals surface area contributed by atoms with Gasteiger partial charge in [0.2, 0.25) is 0 Å². The van der Waals surface area contributed by atoms with Crippen molar-refractivity contribution in [3.63, 3.8) is 0 Å². The van der Waals surface area contributed by atoms with Crippen LogP contribution in [0.4, 0.5) is 11.5 Å². The zero-order chi connectivity index (χ0) is 12.3. The van der Waals surface area contributed by atoms with Gasteiger partial charge in [0.1, 0.15) is 5.82 Å². The average molecular weight is 228 g/mol. The Morgan fingerprint density at radius 3 is 2.76 bits per heavy atom. The van der Waals surface area contributed by atoms with Crippen molar-refractivity contribution < 1.29 is 0 Å². The summed E-state index contributed by atoms with van der Waals surface area (Å²) in [6.07, 6.45) is 3.56. The maximum atomic E-state index is 5.82. The number of pyridine rings is 2. The number of aryl methyl sites for hydroxylation is 2. The van der Waals surface area contributed by atoms with E-state index in [9.17, 15) is 0 Å². The third-order valence-electron chi connectivity index (χ3n) is 2.70. The number of nitrogens with two attached hydrogens (primary N) is 1. The van der Waals surface area contributed by atoms with E-state index in [1.54, 1.807) is 12.4 Å². The topological polar surface area (TPSA) is 63.8 Å². The van der Waals surface area contributed by atoms with E-state index in [-0.39, 0.29) is 0 Å². The molecule has 0 aliphatic carbocycles. The smallest absolute Gasteiger partial charge is 0.128 e. The van der Waals surface area contributed by atoms with Crippen LogP contribution in [0, 0.1) is 13.8 Å². The van der Waals surface area contributed by atoms with Crippen molar-refractivity contribution in [3.05, 3.63) is 47.4 Å². The van der Waals surface area contributed by atoms with Crippen LogP contribution in [-0.2, 0) is 6.54 Å². The van der Waals surface area contributed by atoms with Gasteiger partial charge in [0, 0.05) is 24.1 Å². The first-order chi connectivity index (χ1) is 8.16. The highest BCUT2D eigenvalue weighted by Crippen LogP contribution is 2.14. The van der Waals surface area contributed by atoms with Gasteiger partial charge in [-0.1, -0.05) is 6.07 Å². The minimum Gasteiger partial charge on any atom is -0.398 e. The molecule has 0 aromatic carbocycles. The number of aromatic nitrogens is 2. The lowest BCUT2D eigenvalue weighted by Crippen LogP contribution is -2.05. The van der Waals surface area contributed by atoms with Crippen molar-refractivity contribution in [2.45, 2.75) is 20.4 Å². The number of hydrogen-bond acceptors (Lipinski definition) is 4. The first-order valence-electron chi connectivity index (χ1n) is 5.53. The molecule has 0 aliphatic heterocycles. The molecule has 2 aromatic heterocycles. The maximum Gasteiger partial charge on any atom is 0.128 e. The Morgan fingerprint density at radius 1 is 1.24 bits per heavy atom. The number of hydrogen-bond donors (Lipinski definition) is 2. The van der Waals surface area contributed by atoms with Crippen molar-refractivity contribution in [1.29, 1.82) is 0 Å². The van der Waals surface area contributed by atoms with Gasteiger partial charge in [-0.3, -0.25) is 4.98 Å². The predicted octanol–water partition coefficient (Wildman–Crippen LogP) is 2.29.